The first-order chi connectivity index (χ1) is 9.25. The maximum Gasteiger partial charge on any atom is -0.000417 e. The third-order valence-electron chi connectivity index (χ3n) is 4.33. The quantitative estimate of drug-likeness (QED) is 0.570. The van der Waals surface area contributed by atoms with E-state index in [0.29, 0.717) is 11.8 Å². The predicted molar refractivity (Wildman–Crippen MR) is 83.5 cm³/mol. The Labute approximate surface area is 116 Å². The number of aryl methyl sites for hydroxylation is 1. The van der Waals surface area contributed by atoms with E-state index in [1.54, 1.807) is 5.56 Å². The predicted octanol–water partition coefficient (Wildman–Crippen LogP) is 5.51. The van der Waals surface area contributed by atoms with Gasteiger partial charge in [0.2, 0.25) is 0 Å². The Morgan fingerprint density at radius 3 is 2.89 bits per heavy atom. The molecule has 0 fully saturated rings. The van der Waals surface area contributed by atoms with Crippen LogP contribution in [0.5, 0.6) is 0 Å². The van der Waals surface area contributed by atoms with Crippen molar-refractivity contribution >= 4 is 6.08 Å². The van der Waals surface area contributed by atoms with Gasteiger partial charge in [-0.15, -0.1) is 0 Å². The molecule has 0 saturated carbocycles. The molecular weight excluding hydrogens is 228 g/mol. The minimum absolute atomic E-state index is 0.505. The first kappa shape index (κ1) is 12.5. The van der Waals surface area contributed by atoms with Crippen LogP contribution < -0.4 is 0 Å². The zero-order valence-electron chi connectivity index (χ0n) is 11.9. The Morgan fingerprint density at radius 1 is 1.11 bits per heavy atom. The number of rotatable bonds is 0. The second-order valence-corrected chi connectivity index (χ2v) is 5.87. The summed E-state index contributed by atoms with van der Waals surface area (Å²) < 4.78 is 0. The second-order valence-electron chi connectivity index (χ2n) is 5.87. The van der Waals surface area contributed by atoms with Crippen LogP contribution in [0.2, 0.25) is 0 Å². The fourth-order valence-corrected chi connectivity index (χ4v) is 3.38. The Morgan fingerprint density at radius 2 is 2.00 bits per heavy atom. The molecular formula is C19H22. The molecule has 0 N–H and O–H groups in total. The van der Waals surface area contributed by atoms with Crippen LogP contribution >= 0.6 is 0 Å². The van der Waals surface area contributed by atoms with Crippen molar-refractivity contribution in [2.45, 2.75) is 44.9 Å². The highest BCUT2D eigenvalue weighted by atomic mass is 14.3. The lowest BCUT2D eigenvalue weighted by Gasteiger charge is -2.23. The molecule has 0 aromatic heterocycles. The lowest BCUT2D eigenvalue weighted by atomic mass is 9.81. The van der Waals surface area contributed by atoms with E-state index in [-0.39, 0.29) is 0 Å². The number of allylic oxidation sites excluding steroid dienone is 5. The van der Waals surface area contributed by atoms with Gasteiger partial charge in [-0.1, -0.05) is 61.1 Å². The Bertz CT molecular complexity index is 558. The van der Waals surface area contributed by atoms with Crippen LogP contribution in [0.25, 0.3) is 6.08 Å². The molecule has 0 saturated heterocycles. The third-order valence-corrected chi connectivity index (χ3v) is 4.33. The van der Waals surface area contributed by atoms with Crippen molar-refractivity contribution in [2.75, 3.05) is 0 Å². The number of hydrogen-bond acceptors (Lipinski definition) is 0. The minimum atomic E-state index is 0.505. The molecule has 2 aliphatic rings. The summed E-state index contributed by atoms with van der Waals surface area (Å²) in [5.41, 5.74) is 5.97. The highest BCUT2D eigenvalue weighted by Crippen LogP contribution is 2.39. The first-order valence-corrected chi connectivity index (χ1v) is 7.40. The monoisotopic (exact) mass is 250 g/mol. The first-order valence-electron chi connectivity index (χ1n) is 7.40. The van der Waals surface area contributed by atoms with Crippen LogP contribution in [-0.4, -0.2) is 0 Å². The Hall–Kier alpha value is -1.56. The van der Waals surface area contributed by atoms with Crippen molar-refractivity contribution in [3.8, 4) is 0 Å². The maximum absolute atomic E-state index is 2.39. The van der Waals surface area contributed by atoms with Crippen LogP contribution in [0.4, 0.5) is 0 Å². The number of benzene rings is 1. The van der Waals surface area contributed by atoms with E-state index in [0.717, 1.165) is 0 Å². The van der Waals surface area contributed by atoms with Gasteiger partial charge in [-0.25, -0.2) is 0 Å². The van der Waals surface area contributed by atoms with Crippen LogP contribution in [0.1, 0.15) is 60.3 Å². The van der Waals surface area contributed by atoms with Crippen LogP contribution in [0, 0.1) is 6.92 Å². The molecule has 0 heterocycles. The van der Waals surface area contributed by atoms with Crippen molar-refractivity contribution in [3.05, 3.63) is 64.8 Å². The van der Waals surface area contributed by atoms with E-state index < -0.39 is 0 Å². The lowest BCUT2D eigenvalue weighted by Crippen LogP contribution is -2.06. The van der Waals surface area contributed by atoms with E-state index in [9.17, 15) is 0 Å². The molecule has 2 aliphatic carbocycles. The molecule has 1 aromatic carbocycles. The molecule has 0 radical (unpaired) electrons. The summed E-state index contributed by atoms with van der Waals surface area (Å²) in [5.74, 6) is 1.18. The highest BCUT2D eigenvalue weighted by molar-refractivity contribution is 5.61. The minimum Gasteiger partial charge on any atom is -0.0839 e. The van der Waals surface area contributed by atoms with Crippen LogP contribution in [-0.2, 0) is 0 Å². The molecule has 0 nitrogen and oxygen atoms in total. The summed E-state index contributed by atoms with van der Waals surface area (Å²) in [6, 6.07) is 4.75. The molecule has 3 rings (SSSR count). The fraction of sp³-hybridized carbons (Fsp3) is 0.368. The molecule has 19 heavy (non-hydrogen) atoms. The van der Waals surface area contributed by atoms with E-state index >= 15 is 0 Å². The number of hydrogen-bond donors (Lipinski definition) is 0. The standard InChI is InChI=1S/C19H22/c1-14-12-17-11-7-6-10-16-9-5-3-4-8-15(2)18(13-14)19(16)17/h3-5,7-8,11-13,15-16H,6,9-10H2,1-2H3/b5-3-,8-4-. The summed E-state index contributed by atoms with van der Waals surface area (Å²) in [6.45, 7) is 4.53. The van der Waals surface area contributed by atoms with Gasteiger partial charge in [-0.2, -0.15) is 0 Å². The molecule has 2 atom stereocenters. The normalized spacial score (nSPS) is 28.5. The smallest absolute Gasteiger partial charge is 0.000417 e. The van der Waals surface area contributed by atoms with Crippen molar-refractivity contribution in [2.24, 2.45) is 0 Å². The van der Waals surface area contributed by atoms with Gasteiger partial charge in [0.25, 0.3) is 0 Å². The zero-order valence-corrected chi connectivity index (χ0v) is 11.9. The summed E-state index contributed by atoms with van der Waals surface area (Å²) >= 11 is 0. The van der Waals surface area contributed by atoms with Crippen LogP contribution in [0.15, 0.2) is 42.5 Å². The lowest BCUT2D eigenvalue weighted by molar-refractivity contribution is 0.636. The summed E-state index contributed by atoms with van der Waals surface area (Å²) in [6.07, 6.45) is 17.4. The summed E-state index contributed by atoms with van der Waals surface area (Å²) in [5, 5.41) is 0. The van der Waals surface area contributed by atoms with Gasteiger partial charge in [0.1, 0.15) is 0 Å². The Kier molecular flexibility index (Phi) is 3.42. The molecule has 98 valence electrons. The largest absolute Gasteiger partial charge is 0.0839 e. The average molecular weight is 250 g/mol. The fourth-order valence-electron chi connectivity index (χ4n) is 3.38. The van der Waals surface area contributed by atoms with Crippen molar-refractivity contribution < 1.29 is 0 Å². The van der Waals surface area contributed by atoms with E-state index in [1.807, 2.05) is 0 Å². The van der Waals surface area contributed by atoms with Gasteiger partial charge < -0.3 is 0 Å². The van der Waals surface area contributed by atoms with Gasteiger partial charge in [0.05, 0.1) is 0 Å². The molecule has 0 spiro atoms. The third kappa shape index (κ3) is 2.45. The molecule has 0 heteroatoms. The molecule has 2 unspecified atom stereocenters. The second kappa shape index (κ2) is 5.21. The zero-order chi connectivity index (χ0) is 13.2. The highest BCUT2D eigenvalue weighted by Gasteiger charge is 2.21. The Balaban J connectivity index is 2.23. The average Bonchev–Trinajstić information content (AvgIpc) is 2.55. The van der Waals surface area contributed by atoms with Gasteiger partial charge in [0.15, 0.2) is 0 Å². The van der Waals surface area contributed by atoms with Crippen molar-refractivity contribution in [1.29, 1.82) is 0 Å². The maximum atomic E-state index is 2.39. The van der Waals surface area contributed by atoms with E-state index in [4.69, 9.17) is 0 Å². The van der Waals surface area contributed by atoms with Crippen molar-refractivity contribution in [3.63, 3.8) is 0 Å². The van der Waals surface area contributed by atoms with E-state index in [2.05, 4.69) is 62.4 Å². The topological polar surface area (TPSA) is 0 Å². The van der Waals surface area contributed by atoms with Crippen molar-refractivity contribution in [1.82, 2.24) is 0 Å². The van der Waals surface area contributed by atoms with E-state index in [1.165, 1.54) is 36.0 Å². The van der Waals surface area contributed by atoms with Gasteiger partial charge in [0, 0.05) is 0 Å². The molecule has 0 aliphatic heterocycles. The molecule has 1 aromatic rings. The van der Waals surface area contributed by atoms with Gasteiger partial charge in [-0.05, 0) is 54.7 Å². The summed E-state index contributed by atoms with van der Waals surface area (Å²) in [7, 11) is 0. The van der Waals surface area contributed by atoms with Gasteiger partial charge in [-0.3, -0.25) is 0 Å². The van der Waals surface area contributed by atoms with Gasteiger partial charge >= 0.3 is 0 Å². The summed E-state index contributed by atoms with van der Waals surface area (Å²) in [4.78, 5) is 0. The van der Waals surface area contributed by atoms with Crippen LogP contribution in [0.3, 0.4) is 0 Å². The molecule has 0 amide bonds. The SMILES string of the molecule is Cc1cc2c3c(c1)C(C)/C=C\C=C/CC3CCC=C2. The molecule has 0 bridgehead atoms.